The molecule has 0 unspecified atom stereocenters. The van der Waals surface area contributed by atoms with E-state index in [2.05, 4.69) is 26.1 Å². The molecule has 1 N–H and O–H groups in total. The second-order valence-corrected chi connectivity index (χ2v) is 4.23. The zero-order valence-electron chi connectivity index (χ0n) is 9.18. The van der Waals surface area contributed by atoms with Crippen LogP contribution in [-0.4, -0.2) is 21.9 Å². The first-order valence-corrected chi connectivity index (χ1v) is 5.89. The molecule has 17 heavy (non-hydrogen) atoms. The maximum absolute atomic E-state index is 9.69. The van der Waals surface area contributed by atoms with Crippen molar-refractivity contribution in [3.05, 3.63) is 28.5 Å². The van der Waals surface area contributed by atoms with E-state index < -0.39 is 0 Å². The first-order chi connectivity index (χ1) is 8.20. The van der Waals surface area contributed by atoms with Crippen LogP contribution in [0, 0.1) is 0 Å². The topological polar surface area (TPSA) is 68.4 Å². The lowest BCUT2D eigenvalue weighted by Gasteiger charge is -1.99. The standard InChI is InChI=1S/C11H11BrN2O3/c1-2-16-6-10-13-11(17-14-10)8-5-7(12)3-4-9(8)15/h3-5,15H,2,6H2,1H3. The third-order valence-corrected chi connectivity index (χ3v) is 2.59. The monoisotopic (exact) mass is 298 g/mol. The van der Waals surface area contributed by atoms with E-state index in [0.717, 1.165) is 4.47 Å². The number of hydrogen-bond donors (Lipinski definition) is 1. The van der Waals surface area contributed by atoms with Crippen LogP contribution in [0.15, 0.2) is 27.2 Å². The normalized spacial score (nSPS) is 10.7. The predicted octanol–water partition coefficient (Wildman–Crippen LogP) is 2.74. The average Bonchev–Trinajstić information content (AvgIpc) is 2.78. The molecule has 0 radical (unpaired) electrons. The van der Waals surface area contributed by atoms with E-state index in [1.54, 1.807) is 18.2 Å². The molecular formula is C11H11BrN2O3. The van der Waals surface area contributed by atoms with Gasteiger partial charge in [-0.15, -0.1) is 0 Å². The molecule has 1 aromatic carbocycles. The highest BCUT2D eigenvalue weighted by molar-refractivity contribution is 9.10. The Hall–Kier alpha value is -1.40. The Morgan fingerprint density at radius 3 is 3.06 bits per heavy atom. The van der Waals surface area contributed by atoms with Gasteiger partial charge in [0, 0.05) is 11.1 Å². The molecule has 0 aliphatic carbocycles. The van der Waals surface area contributed by atoms with E-state index >= 15 is 0 Å². The van der Waals surface area contributed by atoms with Gasteiger partial charge < -0.3 is 14.4 Å². The van der Waals surface area contributed by atoms with E-state index in [0.29, 0.717) is 24.6 Å². The second-order valence-electron chi connectivity index (χ2n) is 3.31. The Morgan fingerprint density at radius 2 is 2.29 bits per heavy atom. The SMILES string of the molecule is CCOCc1noc(-c2cc(Br)ccc2O)n1. The molecule has 90 valence electrons. The number of rotatable bonds is 4. The fourth-order valence-electron chi connectivity index (χ4n) is 1.29. The van der Waals surface area contributed by atoms with Gasteiger partial charge in [0.05, 0.1) is 5.56 Å². The fourth-order valence-corrected chi connectivity index (χ4v) is 1.66. The van der Waals surface area contributed by atoms with Crippen molar-refractivity contribution >= 4 is 15.9 Å². The number of phenolic OH excluding ortho intramolecular Hbond substituents is 1. The van der Waals surface area contributed by atoms with Crippen LogP contribution in [0.4, 0.5) is 0 Å². The molecule has 0 fully saturated rings. The third kappa shape index (κ3) is 2.83. The van der Waals surface area contributed by atoms with Crippen LogP contribution in [0.5, 0.6) is 5.75 Å². The Labute approximate surface area is 107 Å². The van der Waals surface area contributed by atoms with Crippen LogP contribution in [0.3, 0.4) is 0 Å². The van der Waals surface area contributed by atoms with Gasteiger partial charge in [-0.05, 0) is 25.1 Å². The summed E-state index contributed by atoms with van der Waals surface area (Å²) in [5, 5.41) is 13.5. The van der Waals surface area contributed by atoms with Crippen molar-refractivity contribution in [1.82, 2.24) is 10.1 Å². The molecule has 0 amide bonds. The number of halogens is 1. The average molecular weight is 299 g/mol. The van der Waals surface area contributed by atoms with Gasteiger partial charge in [-0.2, -0.15) is 4.98 Å². The van der Waals surface area contributed by atoms with Gasteiger partial charge in [0.1, 0.15) is 12.4 Å². The molecule has 0 aliphatic rings. The number of phenols is 1. The number of benzene rings is 1. The number of aromatic hydroxyl groups is 1. The molecule has 2 rings (SSSR count). The minimum atomic E-state index is 0.0970. The van der Waals surface area contributed by atoms with Gasteiger partial charge in [0.2, 0.25) is 0 Å². The van der Waals surface area contributed by atoms with Gasteiger partial charge in [-0.1, -0.05) is 21.1 Å². The molecular weight excluding hydrogens is 288 g/mol. The van der Waals surface area contributed by atoms with Gasteiger partial charge in [0.15, 0.2) is 5.82 Å². The van der Waals surface area contributed by atoms with Gasteiger partial charge in [-0.3, -0.25) is 0 Å². The molecule has 0 atom stereocenters. The summed E-state index contributed by atoms with van der Waals surface area (Å²) in [6, 6.07) is 5.01. The summed E-state index contributed by atoms with van der Waals surface area (Å²) in [5.74, 6) is 0.833. The molecule has 0 spiro atoms. The summed E-state index contributed by atoms with van der Waals surface area (Å²) < 4.78 is 11.1. The lowest BCUT2D eigenvalue weighted by atomic mass is 10.2. The Kier molecular flexibility index (Phi) is 3.75. The van der Waals surface area contributed by atoms with Crippen LogP contribution >= 0.6 is 15.9 Å². The zero-order chi connectivity index (χ0) is 12.3. The molecule has 2 aromatic rings. The van der Waals surface area contributed by atoms with E-state index in [1.807, 2.05) is 6.92 Å². The number of nitrogens with zero attached hydrogens (tertiary/aromatic N) is 2. The summed E-state index contributed by atoms with van der Waals surface area (Å²) >= 11 is 3.32. The molecule has 6 heteroatoms. The molecule has 0 bridgehead atoms. The van der Waals surface area contributed by atoms with Crippen LogP contribution in [0.25, 0.3) is 11.5 Å². The number of hydrogen-bond acceptors (Lipinski definition) is 5. The van der Waals surface area contributed by atoms with Crippen molar-refractivity contribution < 1.29 is 14.4 Å². The van der Waals surface area contributed by atoms with Crippen molar-refractivity contribution in [3.8, 4) is 17.2 Å². The van der Waals surface area contributed by atoms with Crippen LogP contribution < -0.4 is 0 Å². The van der Waals surface area contributed by atoms with Crippen molar-refractivity contribution in [2.24, 2.45) is 0 Å². The first kappa shape index (κ1) is 12.1. The van der Waals surface area contributed by atoms with Crippen LogP contribution in [-0.2, 0) is 11.3 Å². The largest absolute Gasteiger partial charge is 0.507 e. The smallest absolute Gasteiger partial charge is 0.261 e. The van der Waals surface area contributed by atoms with E-state index in [-0.39, 0.29) is 11.6 Å². The second kappa shape index (κ2) is 5.29. The highest BCUT2D eigenvalue weighted by atomic mass is 79.9. The maximum atomic E-state index is 9.69. The van der Waals surface area contributed by atoms with Crippen LogP contribution in [0.1, 0.15) is 12.7 Å². The minimum absolute atomic E-state index is 0.0970. The van der Waals surface area contributed by atoms with E-state index in [4.69, 9.17) is 9.26 Å². The molecule has 0 aliphatic heterocycles. The summed E-state index contributed by atoms with van der Waals surface area (Å²) in [4.78, 5) is 4.14. The third-order valence-electron chi connectivity index (χ3n) is 2.09. The van der Waals surface area contributed by atoms with Crippen molar-refractivity contribution in [1.29, 1.82) is 0 Å². The van der Waals surface area contributed by atoms with Gasteiger partial charge in [-0.25, -0.2) is 0 Å². The summed E-state index contributed by atoms with van der Waals surface area (Å²) in [5.41, 5.74) is 0.495. The summed E-state index contributed by atoms with van der Waals surface area (Å²) in [6.07, 6.45) is 0. The number of aromatic nitrogens is 2. The van der Waals surface area contributed by atoms with Crippen molar-refractivity contribution in [2.45, 2.75) is 13.5 Å². The lowest BCUT2D eigenvalue weighted by molar-refractivity contribution is 0.126. The summed E-state index contributed by atoms with van der Waals surface area (Å²) in [6.45, 7) is 2.78. The van der Waals surface area contributed by atoms with Gasteiger partial charge in [0.25, 0.3) is 5.89 Å². The summed E-state index contributed by atoms with van der Waals surface area (Å²) in [7, 11) is 0. The zero-order valence-corrected chi connectivity index (χ0v) is 10.8. The van der Waals surface area contributed by atoms with Gasteiger partial charge >= 0.3 is 0 Å². The van der Waals surface area contributed by atoms with Crippen molar-refractivity contribution in [3.63, 3.8) is 0 Å². The maximum Gasteiger partial charge on any atom is 0.261 e. The Bertz CT molecular complexity index is 513. The fraction of sp³-hybridized carbons (Fsp3) is 0.273. The lowest BCUT2D eigenvalue weighted by Crippen LogP contribution is -1.93. The molecule has 0 saturated heterocycles. The van der Waals surface area contributed by atoms with Crippen molar-refractivity contribution in [2.75, 3.05) is 6.61 Å². The molecule has 0 saturated carbocycles. The minimum Gasteiger partial charge on any atom is -0.507 e. The van der Waals surface area contributed by atoms with Crippen LogP contribution in [0.2, 0.25) is 0 Å². The quantitative estimate of drug-likeness (QED) is 0.940. The Morgan fingerprint density at radius 1 is 1.47 bits per heavy atom. The predicted molar refractivity (Wildman–Crippen MR) is 64.4 cm³/mol. The van der Waals surface area contributed by atoms with E-state index in [9.17, 15) is 5.11 Å². The number of ether oxygens (including phenoxy) is 1. The highest BCUT2D eigenvalue weighted by Gasteiger charge is 2.13. The molecule has 1 aromatic heterocycles. The molecule has 1 heterocycles. The highest BCUT2D eigenvalue weighted by Crippen LogP contribution is 2.30. The van der Waals surface area contributed by atoms with E-state index in [1.165, 1.54) is 0 Å². The Balaban J connectivity index is 2.27. The first-order valence-electron chi connectivity index (χ1n) is 5.10. The molecule has 5 nitrogen and oxygen atoms in total.